The first-order valence-electron chi connectivity index (χ1n) is 7.71. The highest BCUT2D eigenvalue weighted by molar-refractivity contribution is 5.86. The fourth-order valence-corrected chi connectivity index (χ4v) is 2.92. The highest BCUT2D eigenvalue weighted by Crippen LogP contribution is 2.22. The molecule has 3 amide bonds. The third-order valence-corrected chi connectivity index (χ3v) is 4.28. The molecule has 126 valence electrons. The molecule has 7 heteroatoms. The molecule has 1 fully saturated rings. The third kappa shape index (κ3) is 4.34. The Morgan fingerprint density at radius 1 is 1.30 bits per heavy atom. The predicted octanol–water partition coefficient (Wildman–Crippen LogP) is 1.31. The van der Waals surface area contributed by atoms with Gasteiger partial charge in [0.15, 0.2) is 0 Å². The molecule has 2 rings (SSSR count). The molecular weight excluding hydrogens is 299 g/mol. The van der Waals surface area contributed by atoms with Crippen LogP contribution in [0.4, 0.5) is 14.9 Å². The first-order chi connectivity index (χ1) is 10.9. The summed E-state index contributed by atoms with van der Waals surface area (Å²) in [5, 5.41) is 2.40. The molecule has 0 saturated carbocycles. The Morgan fingerprint density at radius 2 is 1.87 bits per heavy atom. The number of amides is 3. The number of rotatable bonds is 4. The lowest BCUT2D eigenvalue weighted by Crippen LogP contribution is -2.52. The Kier molecular flexibility index (Phi) is 5.41. The summed E-state index contributed by atoms with van der Waals surface area (Å²) in [6, 6.07) is 5.23. The number of carbonyl (C=O) groups excluding carboxylic acids is 2. The van der Waals surface area contributed by atoms with E-state index in [0.717, 1.165) is 31.6 Å². The summed E-state index contributed by atoms with van der Waals surface area (Å²) in [7, 11) is 1.75. The van der Waals surface area contributed by atoms with E-state index in [-0.39, 0.29) is 17.8 Å². The minimum absolute atomic E-state index is 0.122. The quantitative estimate of drug-likeness (QED) is 0.877. The number of piperidine rings is 1. The lowest BCUT2D eigenvalue weighted by atomic mass is 10.0. The number of urea groups is 1. The Bertz CT molecular complexity index is 556. The summed E-state index contributed by atoms with van der Waals surface area (Å²) in [6.45, 7) is 3.22. The van der Waals surface area contributed by atoms with Crippen LogP contribution in [0.3, 0.4) is 0 Å². The molecule has 23 heavy (non-hydrogen) atoms. The molecule has 1 aromatic carbocycles. The molecule has 0 radical (unpaired) electrons. The summed E-state index contributed by atoms with van der Waals surface area (Å²) < 4.78 is 13.0. The van der Waals surface area contributed by atoms with Gasteiger partial charge in [0.25, 0.3) is 0 Å². The van der Waals surface area contributed by atoms with Crippen molar-refractivity contribution in [1.29, 1.82) is 0 Å². The largest absolute Gasteiger partial charge is 0.371 e. The van der Waals surface area contributed by atoms with Crippen LogP contribution in [0.15, 0.2) is 24.3 Å². The number of benzene rings is 1. The molecule has 0 aromatic heterocycles. The number of nitrogens with one attached hydrogen (secondary N) is 1. The van der Waals surface area contributed by atoms with Crippen LogP contribution < -0.4 is 16.0 Å². The van der Waals surface area contributed by atoms with Crippen LogP contribution in [-0.2, 0) is 4.79 Å². The van der Waals surface area contributed by atoms with Crippen LogP contribution in [0.2, 0.25) is 0 Å². The normalized spacial score (nSPS) is 16.7. The van der Waals surface area contributed by atoms with Crippen molar-refractivity contribution in [3.8, 4) is 0 Å². The number of hydrogen-bond acceptors (Lipinski definition) is 3. The van der Waals surface area contributed by atoms with Crippen LogP contribution in [0, 0.1) is 5.82 Å². The van der Waals surface area contributed by atoms with Gasteiger partial charge in [0.2, 0.25) is 5.91 Å². The summed E-state index contributed by atoms with van der Waals surface area (Å²) in [5.74, 6) is -0.395. The van der Waals surface area contributed by atoms with Gasteiger partial charge >= 0.3 is 6.03 Å². The zero-order chi connectivity index (χ0) is 17.0. The molecule has 1 heterocycles. The van der Waals surface area contributed by atoms with E-state index in [0.29, 0.717) is 0 Å². The summed E-state index contributed by atoms with van der Waals surface area (Å²) in [5.41, 5.74) is 6.04. The number of primary amides is 1. The van der Waals surface area contributed by atoms with Gasteiger partial charge in [0.1, 0.15) is 11.9 Å². The van der Waals surface area contributed by atoms with Gasteiger partial charge in [0.05, 0.1) is 0 Å². The molecule has 0 spiro atoms. The minimum atomic E-state index is -0.703. The second-order valence-electron chi connectivity index (χ2n) is 5.87. The molecule has 6 nitrogen and oxygen atoms in total. The van der Waals surface area contributed by atoms with Crippen molar-refractivity contribution in [2.75, 3.05) is 25.0 Å². The van der Waals surface area contributed by atoms with Crippen molar-refractivity contribution >= 4 is 17.6 Å². The minimum Gasteiger partial charge on any atom is -0.371 e. The standard InChI is InChI=1S/C16H23FN4O2/c1-11(19-16(18)23)15(22)20(2)13-7-9-21(10-8-13)14-5-3-12(17)4-6-14/h3-6,11,13H,7-10H2,1-2H3,(H3,18,19,23). The van der Waals surface area contributed by atoms with E-state index < -0.39 is 12.1 Å². The Hall–Kier alpha value is -2.31. The number of anilines is 1. The van der Waals surface area contributed by atoms with Crippen LogP contribution >= 0.6 is 0 Å². The van der Waals surface area contributed by atoms with Gasteiger partial charge in [-0.2, -0.15) is 0 Å². The van der Waals surface area contributed by atoms with Crippen molar-refractivity contribution in [3.05, 3.63) is 30.1 Å². The van der Waals surface area contributed by atoms with E-state index >= 15 is 0 Å². The molecular formula is C16H23FN4O2. The van der Waals surface area contributed by atoms with E-state index in [4.69, 9.17) is 5.73 Å². The number of hydrogen-bond donors (Lipinski definition) is 2. The van der Waals surface area contributed by atoms with Gasteiger partial charge in [-0.1, -0.05) is 0 Å². The van der Waals surface area contributed by atoms with E-state index in [1.165, 1.54) is 12.1 Å². The fourth-order valence-electron chi connectivity index (χ4n) is 2.92. The maximum absolute atomic E-state index is 13.0. The van der Waals surface area contributed by atoms with Gasteiger partial charge in [-0.15, -0.1) is 0 Å². The first kappa shape index (κ1) is 17.1. The van der Waals surface area contributed by atoms with Crippen LogP contribution in [0.1, 0.15) is 19.8 Å². The Morgan fingerprint density at radius 3 is 2.39 bits per heavy atom. The lowest BCUT2D eigenvalue weighted by Gasteiger charge is -2.38. The molecule has 3 N–H and O–H groups in total. The van der Waals surface area contributed by atoms with Crippen molar-refractivity contribution < 1.29 is 14.0 Å². The van der Waals surface area contributed by atoms with Gasteiger partial charge in [0, 0.05) is 31.9 Å². The van der Waals surface area contributed by atoms with E-state index in [2.05, 4.69) is 10.2 Å². The van der Waals surface area contributed by atoms with Gasteiger partial charge in [-0.05, 0) is 44.0 Å². The maximum atomic E-state index is 13.0. The highest BCUT2D eigenvalue weighted by Gasteiger charge is 2.28. The average molecular weight is 322 g/mol. The fraction of sp³-hybridized carbons (Fsp3) is 0.500. The van der Waals surface area contributed by atoms with E-state index in [9.17, 15) is 14.0 Å². The summed E-state index contributed by atoms with van der Waals surface area (Å²) in [6.07, 6.45) is 1.64. The van der Waals surface area contributed by atoms with Gasteiger partial charge < -0.3 is 20.9 Å². The first-order valence-corrected chi connectivity index (χ1v) is 7.71. The van der Waals surface area contributed by atoms with Crippen LogP contribution in [0.5, 0.6) is 0 Å². The summed E-state index contributed by atoms with van der Waals surface area (Å²) >= 11 is 0. The van der Waals surface area contributed by atoms with Crippen LogP contribution in [-0.4, -0.2) is 49.1 Å². The average Bonchev–Trinajstić information content (AvgIpc) is 2.53. The molecule has 0 bridgehead atoms. The highest BCUT2D eigenvalue weighted by atomic mass is 19.1. The molecule has 1 atom stereocenters. The zero-order valence-corrected chi connectivity index (χ0v) is 13.5. The Labute approximate surface area is 135 Å². The van der Waals surface area contributed by atoms with Crippen molar-refractivity contribution in [1.82, 2.24) is 10.2 Å². The van der Waals surface area contributed by atoms with Crippen molar-refractivity contribution in [2.45, 2.75) is 31.8 Å². The number of nitrogens with zero attached hydrogens (tertiary/aromatic N) is 2. The smallest absolute Gasteiger partial charge is 0.312 e. The van der Waals surface area contributed by atoms with E-state index in [1.54, 1.807) is 31.0 Å². The number of nitrogens with two attached hydrogens (primary N) is 1. The predicted molar refractivity (Wildman–Crippen MR) is 86.6 cm³/mol. The number of halogens is 1. The third-order valence-electron chi connectivity index (χ3n) is 4.28. The topological polar surface area (TPSA) is 78.7 Å². The molecule has 1 saturated heterocycles. The van der Waals surface area contributed by atoms with Gasteiger partial charge in [-0.3, -0.25) is 4.79 Å². The molecule has 1 aliphatic heterocycles. The van der Waals surface area contributed by atoms with Gasteiger partial charge in [-0.25, -0.2) is 9.18 Å². The van der Waals surface area contributed by atoms with E-state index in [1.807, 2.05) is 0 Å². The van der Waals surface area contributed by atoms with Crippen molar-refractivity contribution in [2.24, 2.45) is 5.73 Å². The lowest BCUT2D eigenvalue weighted by molar-refractivity contribution is -0.133. The second kappa shape index (κ2) is 7.30. The number of carbonyl (C=O) groups is 2. The molecule has 1 unspecified atom stereocenters. The monoisotopic (exact) mass is 322 g/mol. The number of likely N-dealkylation sites (N-methyl/N-ethyl adjacent to an activating group) is 1. The van der Waals surface area contributed by atoms with Crippen LogP contribution in [0.25, 0.3) is 0 Å². The maximum Gasteiger partial charge on any atom is 0.312 e. The summed E-state index contributed by atoms with van der Waals surface area (Å²) in [4.78, 5) is 27.0. The van der Waals surface area contributed by atoms with Crippen molar-refractivity contribution in [3.63, 3.8) is 0 Å². The zero-order valence-electron chi connectivity index (χ0n) is 13.5. The molecule has 1 aromatic rings. The second-order valence-corrected chi connectivity index (χ2v) is 5.87. The molecule has 1 aliphatic rings. The SMILES string of the molecule is CC(NC(N)=O)C(=O)N(C)C1CCN(c2ccc(F)cc2)CC1. The molecule has 0 aliphatic carbocycles. The Balaban J connectivity index is 1.89.